The topological polar surface area (TPSA) is 86.8 Å². The van der Waals surface area contributed by atoms with E-state index in [0.717, 1.165) is 23.4 Å². The van der Waals surface area contributed by atoms with Gasteiger partial charge in [0.1, 0.15) is 5.82 Å². The van der Waals surface area contributed by atoms with Crippen molar-refractivity contribution in [1.29, 1.82) is 0 Å². The maximum atomic E-state index is 12.4. The summed E-state index contributed by atoms with van der Waals surface area (Å²) in [7, 11) is 0. The van der Waals surface area contributed by atoms with E-state index in [-0.39, 0.29) is 5.91 Å². The first-order valence-corrected chi connectivity index (χ1v) is 8.34. The van der Waals surface area contributed by atoms with Gasteiger partial charge in [0.2, 0.25) is 0 Å². The highest BCUT2D eigenvalue weighted by Crippen LogP contribution is 2.19. The van der Waals surface area contributed by atoms with Gasteiger partial charge in [0.25, 0.3) is 5.91 Å². The van der Waals surface area contributed by atoms with E-state index in [2.05, 4.69) is 51.2 Å². The van der Waals surface area contributed by atoms with Gasteiger partial charge in [-0.3, -0.25) is 9.89 Å². The molecule has 7 heteroatoms. The summed E-state index contributed by atoms with van der Waals surface area (Å²) < 4.78 is 0. The van der Waals surface area contributed by atoms with Crippen LogP contribution in [-0.4, -0.2) is 38.7 Å². The summed E-state index contributed by atoms with van der Waals surface area (Å²) in [5.41, 5.74) is 2.68. The van der Waals surface area contributed by atoms with E-state index in [1.54, 1.807) is 18.5 Å². The second kappa shape index (κ2) is 6.88. The molecule has 3 aromatic rings. The lowest BCUT2D eigenvalue weighted by molar-refractivity contribution is 0.102. The van der Waals surface area contributed by atoms with E-state index >= 15 is 0 Å². The van der Waals surface area contributed by atoms with E-state index in [1.807, 2.05) is 19.1 Å². The minimum atomic E-state index is -0.214. The number of H-pyrrole nitrogens is 1. The van der Waals surface area contributed by atoms with Gasteiger partial charge in [-0.15, -0.1) is 0 Å². The summed E-state index contributed by atoms with van der Waals surface area (Å²) in [6, 6.07) is 5.88. The number of aromatic nitrogens is 4. The molecular weight excluding hydrogens is 316 g/mol. The Morgan fingerprint density at radius 2 is 2.08 bits per heavy atom. The molecule has 2 N–H and O–H groups in total. The van der Waals surface area contributed by atoms with E-state index in [1.165, 1.54) is 0 Å². The minimum absolute atomic E-state index is 0.214. The number of carbonyl (C=O) groups is 1. The number of fused-ring (bicyclic) bond motifs is 1. The second-order valence-corrected chi connectivity index (χ2v) is 6.18. The van der Waals surface area contributed by atoms with Gasteiger partial charge in [0.05, 0.1) is 17.4 Å². The Hall–Kier alpha value is -2.96. The quantitative estimate of drug-likeness (QED) is 0.746. The van der Waals surface area contributed by atoms with Gasteiger partial charge >= 0.3 is 0 Å². The van der Waals surface area contributed by atoms with Crippen LogP contribution in [0.4, 0.5) is 11.5 Å². The zero-order valence-electron chi connectivity index (χ0n) is 14.9. The third-order valence-electron chi connectivity index (χ3n) is 4.13. The van der Waals surface area contributed by atoms with Crippen LogP contribution in [0.5, 0.6) is 0 Å². The SMILES string of the molecule is CCN(c1ccc(C(=O)Nc2cnc3n[nH]c(C)c3c2)cn1)C(C)C. The molecule has 0 saturated carbocycles. The molecule has 0 bridgehead atoms. The van der Waals surface area contributed by atoms with Crippen LogP contribution >= 0.6 is 0 Å². The summed E-state index contributed by atoms with van der Waals surface area (Å²) in [6.45, 7) is 9.11. The number of nitrogens with zero attached hydrogens (tertiary/aromatic N) is 4. The number of amides is 1. The lowest BCUT2D eigenvalue weighted by Crippen LogP contribution is -2.31. The normalized spacial score (nSPS) is 11.1. The molecule has 0 atom stereocenters. The van der Waals surface area contributed by atoms with Crippen molar-refractivity contribution in [2.75, 3.05) is 16.8 Å². The molecule has 0 radical (unpaired) electrons. The largest absolute Gasteiger partial charge is 0.354 e. The first-order valence-electron chi connectivity index (χ1n) is 8.34. The predicted molar refractivity (Wildman–Crippen MR) is 99.0 cm³/mol. The Labute approximate surface area is 146 Å². The highest BCUT2D eigenvalue weighted by molar-refractivity contribution is 6.04. The van der Waals surface area contributed by atoms with Crippen LogP contribution in [0.15, 0.2) is 30.6 Å². The number of anilines is 2. The monoisotopic (exact) mass is 338 g/mol. The van der Waals surface area contributed by atoms with Crippen LogP contribution in [0.25, 0.3) is 11.0 Å². The van der Waals surface area contributed by atoms with Crippen molar-refractivity contribution in [2.45, 2.75) is 33.7 Å². The average molecular weight is 338 g/mol. The molecule has 0 aliphatic rings. The summed E-state index contributed by atoms with van der Waals surface area (Å²) in [5.74, 6) is 0.653. The average Bonchev–Trinajstić information content (AvgIpc) is 2.96. The number of carbonyl (C=O) groups excluding carboxylic acids is 1. The van der Waals surface area contributed by atoms with Crippen molar-refractivity contribution in [3.63, 3.8) is 0 Å². The summed E-state index contributed by atoms with van der Waals surface area (Å²) in [6.07, 6.45) is 3.20. The minimum Gasteiger partial charge on any atom is -0.354 e. The maximum absolute atomic E-state index is 12.4. The van der Waals surface area contributed by atoms with Crippen LogP contribution < -0.4 is 10.2 Å². The Morgan fingerprint density at radius 1 is 1.28 bits per heavy atom. The van der Waals surface area contributed by atoms with Crippen molar-refractivity contribution in [3.05, 3.63) is 41.9 Å². The van der Waals surface area contributed by atoms with Gasteiger partial charge in [-0.05, 0) is 45.9 Å². The van der Waals surface area contributed by atoms with E-state index < -0.39 is 0 Å². The number of nitrogens with one attached hydrogen (secondary N) is 2. The fourth-order valence-corrected chi connectivity index (χ4v) is 2.77. The van der Waals surface area contributed by atoms with Gasteiger partial charge < -0.3 is 10.2 Å². The summed E-state index contributed by atoms with van der Waals surface area (Å²) in [4.78, 5) is 23.3. The zero-order chi connectivity index (χ0) is 18.0. The van der Waals surface area contributed by atoms with E-state index in [0.29, 0.717) is 22.9 Å². The predicted octanol–water partition coefficient (Wildman–Crippen LogP) is 3.15. The van der Waals surface area contributed by atoms with Crippen molar-refractivity contribution in [2.24, 2.45) is 0 Å². The molecule has 7 nitrogen and oxygen atoms in total. The van der Waals surface area contributed by atoms with Gasteiger partial charge in [-0.2, -0.15) is 5.10 Å². The maximum Gasteiger partial charge on any atom is 0.257 e. The number of rotatable bonds is 5. The molecule has 0 unspecified atom stereocenters. The molecule has 0 spiro atoms. The van der Waals surface area contributed by atoms with Gasteiger partial charge in [-0.1, -0.05) is 0 Å². The third kappa shape index (κ3) is 3.45. The molecule has 3 heterocycles. The lowest BCUT2D eigenvalue weighted by Gasteiger charge is -2.26. The molecule has 3 aromatic heterocycles. The van der Waals surface area contributed by atoms with Gasteiger partial charge in [0, 0.05) is 29.9 Å². The van der Waals surface area contributed by atoms with Crippen molar-refractivity contribution >= 4 is 28.4 Å². The molecule has 1 amide bonds. The molecule has 3 rings (SSSR count). The van der Waals surface area contributed by atoms with Crippen LogP contribution in [0.3, 0.4) is 0 Å². The third-order valence-corrected chi connectivity index (χ3v) is 4.13. The molecule has 0 aliphatic heterocycles. The van der Waals surface area contributed by atoms with Gasteiger partial charge in [-0.25, -0.2) is 9.97 Å². The van der Waals surface area contributed by atoms with Crippen molar-refractivity contribution < 1.29 is 4.79 Å². The molecule has 25 heavy (non-hydrogen) atoms. The number of pyridine rings is 2. The zero-order valence-corrected chi connectivity index (χ0v) is 14.9. The van der Waals surface area contributed by atoms with Crippen LogP contribution in [0, 0.1) is 6.92 Å². The first kappa shape index (κ1) is 16.9. The van der Waals surface area contributed by atoms with E-state index in [4.69, 9.17) is 0 Å². The summed E-state index contributed by atoms with van der Waals surface area (Å²) >= 11 is 0. The van der Waals surface area contributed by atoms with Crippen molar-refractivity contribution in [3.8, 4) is 0 Å². The number of aryl methyl sites for hydroxylation is 1. The fourth-order valence-electron chi connectivity index (χ4n) is 2.77. The van der Waals surface area contributed by atoms with Crippen molar-refractivity contribution in [1.82, 2.24) is 20.2 Å². The molecule has 0 fully saturated rings. The van der Waals surface area contributed by atoms with Crippen LogP contribution in [0.1, 0.15) is 36.8 Å². The highest BCUT2D eigenvalue weighted by Gasteiger charge is 2.12. The Morgan fingerprint density at radius 3 is 2.72 bits per heavy atom. The van der Waals surface area contributed by atoms with E-state index in [9.17, 15) is 4.79 Å². The number of hydrogen-bond donors (Lipinski definition) is 2. The van der Waals surface area contributed by atoms with Gasteiger partial charge in [0.15, 0.2) is 5.65 Å². The van der Waals surface area contributed by atoms with Crippen LogP contribution in [0.2, 0.25) is 0 Å². The summed E-state index contributed by atoms with van der Waals surface area (Å²) in [5, 5.41) is 10.7. The fraction of sp³-hybridized carbons (Fsp3) is 0.333. The highest BCUT2D eigenvalue weighted by atomic mass is 16.1. The van der Waals surface area contributed by atoms with Crippen LogP contribution in [-0.2, 0) is 0 Å². The Bertz CT molecular complexity index is 884. The molecule has 0 saturated heterocycles. The molecule has 130 valence electrons. The molecule has 0 aromatic carbocycles. The second-order valence-electron chi connectivity index (χ2n) is 6.18. The first-order chi connectivity index (χ1) is 12.0. The number of hydrogen-bond acceptors (Lipinski definition) is 5. The Kier molecular flexibility index (Phi) is 4.65. The Balaban J connectivity index is 1.77. The smallest absolute Gasteiger partial charge is 0.257 e. The molecular formula is C18H22N6O. The molecule has 0 aliphatic carbocycles. The standard InChI is InChI=1S/C18H22N6O/c1-5-24(11(2)3)16-7-6-13(9-19-16)18(25)21-14-8-15-12(4)22-23-17(15)20-10-14/h6-11H,5H2,1-4H3,(H,21,25)(H,20,22,23). The lowest BCUT2D eigenvalue weighted by atomic mass is 10.2. The number of aromatic amines is 1.